The molecule has 1 aliphatic rings. The second-order valence-electron chi connectivity index (χ2n) is 10.6. The van der Waals surface area contributed by atoms with Crippen molar-refractivity contribution in [2.75, 3.05) is 0 Å². The Kier molecular flexibility index (Phi) is 5.13. The molecule has 1 unspecified atom stereocenters. The van der Waals surface area contributed by atoms with Crippen molar-refractivity contribution in [1.29, 1.82) is 0 Å². The molecule has 41 heavy (non-hydrogen) atoms. The van der Waals surface area contributed by atoms with Gasteiger partial charge in [-0.2, -0.15) is 0 Å². The van der Waals surface area contributed by atoms with E-state index in [0.29, 0.717) is 28.9 Å². The predicted octanol–water partition coefficient (Wildman–Crippen LogP) is 8.26. The number of aromatic nitrogens is 5. The van der Waals surface area contributed by atoms with Crippen molar-refractivity contribution in [3.8, 4) is 45.6 Å². The summed E-state index contributed by atoms with van der Waals surface area (Å²) >= 11 is 0. The molecule has 8 rings (SSSR count). The van der Waals surface area contributed by atoms with E-state index >= 15 is 0 Å². The minimum absolute atomic E-state index is 0.120. The van der Waals surface area contributed by atoms with Crippen molar-refractivity contribution in [3.63, 3.8) is 0 Å². The first-order valence-electron chi connectivity index (χ1n) is 13.8. The third-order valence-corrected chi connectivity index (χ3v) is 8.39. The van der Waals surface area contributed by atoms with Crippen molar-refractivity contribution in [2.45, 2.75) is 25.7 Å². The van der Waals surface area contributed by atoms with E-state index in [9.17, 15) is 0 Å². The summed E-state index contributed by atoms with van der Waals surface area (Å²) in [7, 11) is 0. The number of hydrogen-bond acceptors (Lipinski definition) is 6. The highest BCUT2D eigenvalue weighted by Crippen LogP contribution is 2.54. The van der Waals surface area contributed by atoms with Gasteiger partial charge in [0.15, 0.2) is 17.5 Å². The number of pyridine rings is 2. The summed E-state index contributed by atoms with van der Waals surface area (Å²) in [4.78, 5) is 23.3. The average molecular weight is 532 g/mol. The van der Waals surface area contributed by atoms with Crippen LogP contribution in [0.2, 0.25) is 0 Å². The van der Waals surface area contributed by atoms with Crippen LogP contribution in [0.5, 0.6) is 0 Å². The molecule has 1 atom stereocenters. The lowest BCUT2D eigenvalue weighted by Gasteiger charge is -2.25. The fraction of sp³-hybridized carbons (Fsp3) is 0.114. The molecule has 0 N–H and O–H groups in total. The number of fused-ring (bicyclic) bond motifs is 7. The van der Waals surface area contributed by atoms with Crippen LogP contribution < -0.4 is 0 Å². The van der Waals surface area contributed by atoms with E-state index in [1.807, 2.05) is 42.5 Å². The molecule has 4 aromatic heterocycles. The van der Waals surface area contributed by atoms with Gasteiger partial charge in [0.2, 0.25) is 0 Å². The topological polar surface area (TPSA) is 77.6 Å². The number of nitrogens with zero attached hydrogens (tertiary/aromatic N) is 5. The summed E-state index contributed by atoms with van der Waals surface area (Å²) in [6.07, 6.45) is 4.46. The standard InChI is InChI=1S/C35H25N5O/c1-3-35(2)26-11-5-4-10-22(26)24-16-17-25-23-15-14-21(20-29(23)41-31(25)30(24)35)32-38-33(27-12-6-8-18-36-27)40-34(39-32)28-13-7-9-19-37-28/h4-20H,3H2,1-2H3. The lowest BCUT2D eigenvalue weighted by molar-refractivity contribution is 0.553. The molecule has 3 aromatic carbocycles. The van der Waals surface area contributed by atoms with Gasteiger partial charge in [-0.25, -0.2) is 15.0 Å². The molecule has 7 aromatic rings. The average Bonchev–Trinajstić information content (AvgIpc) is 3.54. The molecule has 1 aliphatic carbocycles. The third-order valence-electron chi connectivity index (χ3n) is 8.39. The highest BCUT2D eigenvalue weighted by Gasteiger charge is 2.40. The Morgan fingerprint density at radius 3 is 2.00 bits per heavy atom. The Morgan fingerprint density at radius 1 is 0.659 bits per heavy atom. The summed E-state index contributed by atoms with van der Waals surface area (Å²) in [5.74, 6) is 1.53. The van der Waals surface area contributed by atoms with E-state index in [2.05, 4.69) is 72.3 Å². The maximum atomic E-state index is 6.72. The zero-order valence-electron chi connectivity index (χ0n) is 22.7. The molecule has 0 saturated heterocycles. The van der Waals surface area contributed by atoms with Crippen molar-refractivity contribution in [2.24, 2.45) is 0 Å². The molecule has 0 amide bonds. The summed E-state index contributed by atoms with van der Waals surface area (Å²) in [6, 6.07) is 30.8. The summed E-state index contributed by atoms with van der Waals surface area (Å²) in [5.41, 5.74) is 9.01. The Balaban J connectivity index is 1.33. The first-order valence-corrected chi connectivity index (χ1v) is 13.8. The lowest BCUT2D eigenvalue weighted by Crippen LogP contribution is -2.19. The minimum Gasteiger partial charge on any atom is -0.456 e. The number of benzene rings is 3. The van der Waals surface area contributed by atoms with Crippen LogP contribution in [0.4, 0.5) is 0 Å². The third kappa shape index (κ3) is 3.54. The molecule has 0 saturated carbocycles. The Labute approximate surface area is 236 Å². The zero-order chi connectivity index (χ0) is 27.6. The lowest BCUT2D eigenvalue weighted by atomic mass is 9.77. The van der Waals surface area contributed by atoms with Crippen LogP contribution in [0, 0.1) is 0 Å². The van der Waals surface area contributed by atoms with Gasteiger partial charge in [-0.05, 0) is 65.6 Å². The van der Waals surface area contributed by atoms with Gasteiger partial charge in [-0.3, -0.25) is 9.97 Å². The SMILES string of the molecule is CCC1(C)c2ccccc2-c2ccc3c(oc4cc(-c5nc(-c6ccccn6)nc(-c6ccccn6)n5)ccc43)c21. The fourth-order valence-electron chi connectivity index (χ4n) is 6.18. The van der Waals surface area contributed by atoms with Crippen molar-refractivity contribution in [1.82, 2.24) is 24.9 Å². The zero-order valence-corrected chi connectivity index (χ0v) is 22.7. The summed E-state index contributed by atoms with van der Waals surface area (Å²) in [6.45, 7) is 4.59. The van der Waals surface area contributed by atoms with Gasteiger partial charge in [-0.1, -0.05) is 62.4 Å². The quantitative estimate of drug-likeness (QED) is 0.227. The van der Waals surface area contributed by atoms with E-state index in [-0.39, 0.29) is 5.41 Å². The van der Waals surface area contributed by atoms with E-state index < -0.39 is 0 Å². The monoisotopic (exact) mass is 531 g/mol. The van der Waals surface area contributed by atoms with E-state index in [0.717, 1.165) is 33.9 Å². The number of rotatable bonds is 4. The van der Waals surface area contributed by atoms with Crippen molar-refractivity contribution in [3.05, 3.63) is 115 Å². The van der Waals surface area contributed by atoms with Crippen LogP contribution in [0.1, 0.15) is 31.4 Å². The Bertz CT molecular complexity index is 2050. The van der Waals surface area contributed by atoms with Crippen LogP contribution in [0.3, 0.4) is 0 Å². The molecule has 0 aliphatic heterocycles. The highest BCUT2D eigenvalue weighted by atomic mass is 16.3. The molecule has 0 spiro atoms. The highest BCUT2D eigenvalue weighted by molar-refractivity contribution is 6.09. The van der Waals surface area contributed by atoms with Crippen LogP contribution in [0.15, 0.2) is 108 Å². The van der Waals surface area contributed by atoms with Gasteiger partial charge in [0.05, 0.1) is 0 Å². The van der Waals surface area contributed by atoms with E-state index in [1.54, 1.807) is 12.4 Å². The van der Waals surface area contributed by atoms with Gasteiger partial charge in [0.25, 0.3) is 0 Å². The predicted molar refractivity (Wildman–Crippen MR) is 161 cm³/mol. The van der Waals surface area contributed by atoms with Crippen LogP contribution in [-0.4, -0.2) is 24.9 Å². The van der Waals surface area contributed by atoms with Crippen LogP contribution in [0.25, 0.3) is 67.5 Å². The first kappa shape index (κ1) is 23.6. The minimum atomic E-state index is -0.120. The smallest absolute Gasteiger partial charge is 0.182 e. The van der Waals surface area contributed by atoms with E-state index in [4.69, 9.17) is 19.4 Å². The molecule has 6 nitrogen and oxygen atoms in total. The molecule has 196 valence electrons. The van der Waals surface area contributed by atoms with Gasteiger partial charge in [-0.15, -0.1) is 0 Å². The summed E-state index contributed by atoms with van der Waals surface area (Å²) < 4.78 is 6.72. The number of furan rings is 1. The van der Waals surface area contributed by atoms with Crippen LogP contribution >= 0.6 is 0 Å². The maximum absolute atomic E-state index is 6.72. The van der Waals surface area contributed by atoms with Gasteiger partial charge in [0, 0.05) is 39.7 Å². The van der Waals surface area contributed by atoms with E-state index in [1.165, 1.54) is 22.3 Å². The molecular formula is C35H25N5O. The van der Waals surface area contributed by atoms with Gasteiger partial charge >= 0.3 is 0 Å². The van der Waals surface area contributed by atoms with Gasteiger partial charge in [0.1, 0.15) is 22.6 Å². The molecular weight excluding hydrogens is 506 g/mol. The van der Waals surface area contributed by atoms with Gasteiger partial charge < -0.3 is 4.42 Å². The Morgan fingerprint density at radius 2 is 1.32 bits per heavy atom. The number of hydrogen-bond donors (Lipinski definition) is 0. The normalized spacial score (nSPS) is 15.8. The van der Waals surface area contributed by atoms with Crippen LogP contribution in [-0.2, 0) is 5.41 Å². The molecule has 0 fully saturated rings. The van der Waals surface area contributed by atoms with Crippen molar-refractivity contribution >= 4 is 21.9 Å². The largest absolute Gasteiger partial charge is 0.456 e. The maximum Gasteiger partial charge on any atom is 0.182 e. The molecule has 0 bridgehead atoms. The van der Waals surface area contributed by atoms with Crippen molar-refractivity contribution < 1.29 is 4.42 Å². The summed E-state index contributed by atoms with van der Waals surface area (Å²) in [5, 5.41) is 2.20. The molecule has 6 heteroatoms. The molecule has 4 heterocycles. The molecule has 0 radical (unpaired) electrons. The second-order valence-corrected chi connectivity index (χ2v) is 10.6. The first-order chi connectivity index (χ1) is 20.1. The Hall–Kier alpha value is -5.23. The fourth-order valence-corrected chi connectivity index (χ4v) is 6.18. The second kappa shape index (κ2) is 8.89.